The Kier molecular flexibility index (Phi) is 8.64. The SMILES string of the molecule is CNC1CC[C@H](C(=O)N2CCc3ccc(C(F)(F)F)cc3C2)C1.COCCS. The van der Waals surface area contributed by atoms with E-state index in [0.29, 0.717) is 31.1 Å². The van der Waals surface area contributed by atoms with Crippen molar-refractivity contribution in [3.8, 4) is 0 Å². The van der Waals surface area contributed by atoms with E-state index >= 15 is 0 Å². The molecule has 1 aromatic rings. The molecule has 4 nitrogen and oxygen atoms in total. The average molecular weight is 419 g/mol. The van der Waals surface area contributed by atoms with Gasteiger partial charge in [-0.1, -0.05) is 6.07 Å². The highest BCUT2D eigenvalue weighted by atomic mass is 32.1. The van der Waals surface area contributed by atoms with Crippen LogP contribution in [0.2, 0.25) is 0 Å². The molecule has 1 heterocycles. The molecular weight excluding hydrogens is 389 g/mol. The van der Waals surface area contributed by atoms with Crippen LogP contribution < -0.4 is 5.32 Å². The van der Waals surface area contributed by atoms with Gasteiger partial charge in [0.1, 0.15) is 0 Å². The molecule has 0 radical (unpaired) electrons. The molecule has 0 saturated heterocycles. The fourth-order valence-corrected chi connectivity index (χ4v) is 3.92. The van der Waals surface area contributed by atoms with Crippen molar-refractivity contribution in [1.82, 2.24) is 10.2 Å². The number of nitrogens with zero attached hydrogens (tertiary/aromatic N) is 1. The molecule has 3 rings (SSSR count). The standard InChI is InChI=1S/C17H21F3N2O.C3H8OS/c1-21-15-5-3-12(9-15)16(23)22-7-6-11-2-4-14(17(18,19)20)8-13(11)10-22;1-4-2-3-5/h2,4,8,12,15,21H,3,5-7,9-10H2,1H3;5H,2-3H2,1H3/t12-,15?;/m0./s1. The van der Waals surface area contributed by atoms with Gasteiger partial charge in [0.2, 0.25) is 5.91 Å². The van der Waals surface area contributed by atoms with Crippen LogP contribution in [0.1, 0.15) is 36.0 Å². The lowest BCUT2D eigenvalue weighted by Gasteiger charge is -2.31. The van der Waals surface area contributed by atoms with Crippen molar-refractivity contribution in [2.45, 2.75) is 44.4 Å². The Morgan fingerprint density at radius 3 is 2.61 bits per heavy atom. The van der Waals surface area contributed by atoms with Crippen LogP contribution in [0.5, 0.6) is 0 Å². The first kappa shape index (κ1) is 23.0. The Labute approximate surface area is 170 Å². The lowest BCUT2D eigenvalue weighted by Crippen LogP contribution is -2.39. The lowest BCUT2D eigenvalue weighted by atomic mass is 9.95. The Bertz CT molecular complexity index is 653. The van der Waals surface area contributed by atoms with Gasteiger partial charge in [-0.3, -0.25) is 4.79 Å². The van der Waals surface area contributed by atoms with E-state index in [2.05, 4.69) is 22.7 Å². The molecule has 158 valence electrons. The van der Waals surface area contributed by atoms with Crippen LogP contribution in [0.15, 0.2) is 18.2 Å². The van der Waals surface area contributed by atoms with Crippen molar-refractivity contribution in [3.05, 3.63) is 34.9 Å². The van der Waals surface area contributed by atoms with Crippen molar-refractivity contribution in [2.75, 3.05) is 33.1 Å². The van der Waals surface area contributed by atoms with Gasteiger partial charge >= 0.3 is 6.18 Å². The van der Waals surface area contributed by atoms with Gasteiger partial charge in [0.05, 0.1) is 12.2 Å². The van der Waals surface area contributed by atoms with E-state index in [1.807, 2.05) is 7.05 Å². The minimum Gasteiger partial charge on any atom is -0.384 e. The predicted molar refractivity (Wildman–Crippen MR) is 106 cm³/mol. The van der Waals surface area contributed by atoms with Gasteiger partial charge in [0.25, 0.3) is 0 Å². The van der Waals surface area contributed by atoms with Gasteiger partial charge in [-0.2, -0.15) is 25.8 Å². The maximum Gasteiger partial charge on any atom is 0.416 e. The molecule has 1 saturated carbocycles. The van der Waals surface area contributed by atoms with Crippen LogP contribution in [-0.2, 0) is 28.7 Å². The predicted octanol–water partition coefficient (Wildman–Crippen LogP) is 3.54. The number of alkyl halides is 3. The third kappa shape index (κ3) is 6.12. The Morgan fingerprint density at radius 2 is 2.07 bits per heavy atom. The number of ether oxygens (including phenoxy) is 1. The molecule has 1 fully saturated rings. The van der Waals surface area contributed by atoms with E-state index in [-0.39, 0.29) is 11.8 Å². The first-order valence-corrected chi connectivity index (χ1v) is 10.2. The van der Waals surface area contributed by atoms with Crippen LogP contribution in [-0.4, -0.2) is 49.9 Å². The van der Waals surface area contributed by atoms with Gasteiger partial charge in [-0.25, -0.2) is 0 Å². The number of carbonyl (C=O) groups excluding carboxylic acids is 1. The summed E-state index contributed by atoms with van der Waals surface area (Å²) in [6, 6.07) is 4.25. The zero-order valence-corrected chi connectivity index (χ0v) is 17.3. The van der Waals surface area contributed by atoms with Crippen molar-refractivity contribution in [1.29, 1.82) is 0 Å². The molecule has 2 aliphatic rings. The van der Waals surface area contributed by atoms with Gasteiger partial charge < -0.3 is 15.0 Å². The van der Waals surface area contributed by atoms with Crippen LogP contribution in [0.4, 0.5) is 13.2 Å². The number of carbonyl (C=O) groups is 1. The van der Waals surface area contributed by atoms with E-state index in [4.69, 9.17) is 0 Å². The van der Waals surface area contributed by atoms with Gasteiger partial charge in [0.15, 0.2) is 0 Å². The first-order valence-electron chi connectivity index (χ1n) is 9.55. The maximum atomic E-state index is 12.9. The number of nitrogens with one attached hydrogen (secondary N) is 1. The molecule has 1 aromatic carbocycles. The van der Waals surface area contributed by atoms with Crippen molar-refractivity contribution < 1.29 is 22.7 Å². The summed E-state index contributed by atoms with van der Waals surface area (Å²) in [6.45, 7) is 1.64. The molecule has 1 amide bonds. The second kappa shape index (κ2) is 10.5. The molecule has 28 heavy (non-hydrogen) atoms. The molecule has 0 aromatic heterocycles. The summed E-state index contributed by atoms with van der Waals surface area (Å²) in [5, 5.41) is 3.20. The van der Waals surface area contributed by atoms with Crippen molar-refractivity contribution in [3.63, 3.8) is 0 Å². The zero-order valence-electron chi connectivity index (χ0n) is 16.4. The number of thiol groups is 1. The lowest BCUT2D eigenvalue weighted by molar-refractivity contribution is -0.137. The van der Waals surface area contributed by atoms with Gasteiger partial charge in [-0.15, -0.1) is 0 Å². The number of rotatable bonds is 4. The number of halogens is 3. The minimum absolute atomic E-state index is 0.000186. The first-order chi connectivity index (χ1) is 13.3. The van der Waals surface area contributed by atoms with Crippen LogP contribution in [0.25, 0.3) is 0 Å². The van der Waals surface area contributed by atoms with Gasteiger partial charge in [0, 0.05) is 37.9 Å². The number of benzene rings is 1. The zero-order chi connectivity index (χ0) is 20.7. The molecule has 1 aliphatic heterocycles. The normalized spacial score (nSPS) is 21.7. The van der Waals surface area contributed by atoms with Crippen molar-refractivity contribution in [2.24, 2.45) is 5.92 Å². The summed E-state index contributed by atoms with van der Waals surface area (Å²) >= 11 is 3.88. The second-order valence-corrected chi connectivity index (χ2v) is 7.65. The summed E-state index contributed by atoms with van der Waals surface area (Å²) in [5.74, 6) is 0.905. The molecule has 1 unspecified atom stereocenters. The summed E-state index contributed by atoms with van der Waals surface area (Å²) in [4.78, 5) is 14.4. The second-order valence-electron chi connectivity index (χ2n) is 7.20. The Balaban J connectivity index is 0.000000500. The minimum atomic E-state index is -4.34. The van der Waals surface area contributed by atoms with E-state index in [1.54, 1.807) is 18.1 Å². The number of amides is 1. The third-order valence-electron chi connectivity index (χ3n) is 5.34. The number of fused-ring (bicyclic) bond motifs is 1. The highest BCUT2D eigenvalue weighted by Crippen LogP contribution is 2.33. The molecule has 0 spiro atoms. The molecule has 0 bridgehead atoms. The summed E-state index contributed by atoms with van der Waals surface area (Å²) in [5.41, 5.74) is 0.908. The number of hydrogen-bond donors (Lipinski definition) is 2. The highest BCUT2D eigenvalue weighted by molar-refractivity contribution is 7.80. The van der Waals surface area contributed by atoms with Crippen LogP contribution in [0, 0.1) is 5.92 Å². The van der Waals surface area contributed by atoms with Gasteiger partial charge in [-0.05, 0) is 56.0 Å². The number of methoxy groups -OCH3 is 1. The largest absolute Gasteiger partial charge is 0.416 e. The summed E-state index contributed by atoms with van der Waals surface area (Å²) in [7, 11) is 3.56. The maximum absolute atomic E-state index is 12.9. The Morgan fingerprint density at radius 1 is 1.32 bits per heavy atom. The quantitative estimate of drug-likeness (QED) is 0.735. The van der Waals surface area contributed by atoms with Crippen LogP contribution >= 0.6 is 12.6 Å². The third-order valence-corrected chi connectivity index (χ3v) is 5.53. The molecule has 1 N–H and O–H groups in total. The molecule has 2 atom stereocenters. The summed E-state index contributed by atoms with van der Waals surface area (Å²) in [6.07, 6.45) is -1.05. The highest BCUT2D eigenvalue weighted by Gasteiger charge is 2.35. The van der Waals surface area contributed by atoms with E-state index < -0.39 is 11.7 Å². The topological polar surface area (TPSA) is 41.6 Å². The van der Waals surface area contributed by atoms with E-state index in [1.165, 1.54) is 6.07 Å². The van der Waals surface area contributed by atoms with Crippen LogP contribution in [0.3, 0.4) is 0 Å². The fourth-order valence-electron chi connectivity index (χ4n) is 3.74. The molecule has 8 heteroatoms. The summed E-state index contributed by atoms with van der Waals surface area (Å²) < 4.78 is 43.2. The van der Waals surface area contributed by atoms with Crippen molar-refractivity contribution >= 4 is 18.5 Å². The average Bonchev–Trinajstić information content (AvgIpc) is 3.16. The fraction of sp³-hybridized carbons (Fsp3) is 0.650. The van der Waals surface area contributed by atoms with E-state index in [9.17, 15) is 18.0 Å². The monoisotopic (exact) mass is 418 g/mol. The molecule has 1 aliphatic carbocycles. The smallest absolute Gasteiger partial charge is 0.384 e. The van der Waals surface area contributed by atoms with E-state index in [0.717, 1.165) is 43.3 Å². The molecular formula is C20H29F3N2O2S. The Hall–Kier alpha value is -1.25. The number of hydrogen-bond acceptors (Lipinski definition) is 4.